The molecule has 0 bridgehead atoms. The Balaban J connectivity index is 1.58. The molecular weight excluding hydrogens is 412 g/mol. The summed E-state index contributed by atoms with van der Waals surface area (Å²) in [5.74, 6) is -1.31. The molecule has 0 aliphatic carbocycles. The fraction of sp³-hybridized carbons (Fsp3) is 0.381. The molecule has 1 aliphatic heterocycles. The van der Waals surface area contributed by atoms with Gasteiger partial charge in [-0.25, -0.2) is 17.2 Å². The maximum Gasteiger partial charge on any atom is 0.246 e. The van der Waals surface area contributed by atoms with Crippen LogP contribution in [0.1, 0.15) is 25.5 Å². The Bertz CT molecular complexity index is 991. The zero-order valence-electron chi connectivity index (χ0n) is 16.9. The number of nitrogens with one attached hydrogen (secondary N) is 1. The summed E-state index contributed by atoms with van der Waals surface area (Å²) in [6.45, 7) is 4.62. The van der Waals surface area contributed by atoms with Crippen molar-refractivity contribution in [2.75, 3.05) is 26.2 Å². The molecule has 6 nitrogen and oxygen atoms in total. The maximum absolute atomic E-state index is 13.9. The number of rotatable bonds is 6. The lowest BCUT2D eigenvalue weighted by Crippen LogP contribution is -2.55. The highest BCUT2D eigenvalue weighted by atomic mass is 32.2. The van der Waals surface area contributed by atoms with E-state index in [9.17, 15) is 22.0 Å². The number of carbonyl (C=O) groups is 1. The van der Waals surface area contributed by atoms with Crippen LogP contribution in [0.2, 0.25) is 0 Å². The van der Waals surface area contributed by atoms with Crippen LogP contribution in [-0.2, 0) is 14.8 Å². The van der Waals surface area contributed by atoms with E-state index in [2.05, 4.69) is 5.32 Å². The molecule has 0 spiro atoms. The number of nitrogens with zero attached hydrogens (tertiary/aromatic N) is 2. The third-order valence-corrected chi connectivity index (χ3v) is 7.32. The summed E-state index contributed by atoms with van der Waals surface area (Å²) < 4.78 is 53.7. The fourth-order valence-corrected chi connectivity index (χ4v) is 4.95. The Morgan fingerprint density at radius 2 is 1.57 bits per heavy atom. The van der Waals surface area contributed by atoms with E-state index in [1.807, 2.05) is 11.8 Å². The SMILES string of the molecule is CC(NC(=O)C(C)N1CCN(S(=O)(=O)c2ccccc2F)CC1)c1ccc(F)cc1. The Labute approximate surface area is 175 Å². The van der Waals surface area contributed by atoms with E-state index in [0.29, 0.717) is 13.1 Å². The molecule has 0 saturated carbocycles. The lowest BCUT2D eigenvalue weighted by atomic mass is 10.1. The van der Waals surface area contributed by atoms with Crippen LogP contribution in [0.3, 0.4) is 0 Å². The molecule has 30 heavy (non-hydrogen) atoms. The normalized spacial score (nSPS) is 18.0. The number of halogens is 2. The number of benzene rings is 2. The van der Waals surface area contributed by atoms with Gasteiger partial charge in [0, 0.05) is 26.2 Å². The Hall–Kier alpha value is -2.36. The van der Waals surface area contributed by atoms with Crippen LogP contribution in [-0.4, -0.2) is 55.8 Å². The second-order valence-corrected chi connectivity index (χ2v) is 9.23. The molecular formula is C21H25F2N3O3S. The molecule has 162 valence electrons. The second-order valence-electron chi connectivity index (χ2n) is 7.33. The van der Waals surface area contributed by atoms with Crippen LogP contribution in [0.4, 0.5) is 8.78 Å². The van der Waals surface area contributed by atoms with E-state index >= 15 is 0 Å². The molecule has 3 rings (SSSR count). The third-order valence-electron chi connectivity index (χ3n) is 5.38. The minimum absolute atomic E-state index is 0.168. The monoisotopic (exact) mass is 437 g/mol. The number of sulfonamides is 1. The summed E-state index contributed by atoms with van der Waals surface area (Å²) in [6, 6.07) is 10.5. The topological polar surface area (TPSA) is 69.7 Å². The van der Waals surface area contributed by atoms with Crippen molar-refractivity contribution in [1.82, 2.24) is 14.5 Å². The van der Waals surface area contributed by atoms with Gasteiger partial charge in [-0.2, -0.15) is 4.31 Å². The number of carbonyl (C=O) groups excluding carboxylic acids is 1. The summed E-state index contributed by atoms with van der Waals surface area (Å²) in [5.41, 5.74) is 0.790. The van der Waals surface area contributed by atoms with Crippen molar-refractivity contribution in [2.45, 2.75) is 30.8 Å². The van der Waals surface area contributed by atoms with Crippen molar-refractivity contribution in [1.29, 1.82) is 0 Å². The Kier molecular flexibility index (Phi) is 6.84. The number of piperazine rings is 1. The zero-order valence-corrected chi connectivity index (χ0v) is 17.7. The molecule has 1 N–H and O–H groups in total. The summed E-state index contributed by atoms with van der Waals surface area (Å²) >= 11 is 0. The summed E-state index contributed by atoms with van der Waals surface area (Å²) in [5, 5.41) is 2.90. The van der Waals surface area contributed by atoms with Gasteiger partial charge in [0.15, 0.2) is 0 Å². The van der Waals surface area contributed by atoms with E-state index < -0.39 is 21.9 Å². The van der Waals surface area contributed by atoms with Crippen LogP contribution < -0.4 is 5.32 Å². The van der Waals surface area contributed by atoms with Crippen LogP contribution in [0.15, 0.2) is 53.4 Å². The minimum Gasteiger partial charge on any atom is -0.348 e. The van der Waals surface area contributed by atoms with Crippen molar-refractivity contribution in [2.24, 2.45) is 0 Å². The van der Waals surface area contributed by atoms with E-state index in [0.717, 1.165) is 11.6 Å². The first-order valence-electron chi connectivity index (χ1n) is 9.74. The van der Waals surface area contributed by atoms with Crippen LogP contribution in [0.5, 0.6) is 0 Å². The number of hydrogen-bond acceptors (Lipinski definition) is 4. The van der Waals surface area contributed by atoms with Crippen LogP contribution in [0, 0.1) is 11.6 Å². The summed E-state index contributed by atoms with van der Waals surface area (Å²) in [7, 11) is -3.92. The number of hydrogen-bond donors (Lipinski definition) is 1. The molecule has 0 radical (unpaired) electrons. The second kappa shape index (κ2) is 9.20. The van der Waals surface area contributed by atoms with Gasteiger partial charge >= 0.3 is 0 Å². The first kappa shape index (κ1) is 22.3. The minimum atomic E-state index is -3.92. The van der Waals surface area contributed by atoms with Gasteiger partial charge in [-0.15, -0.1) is 0 Å². The molecule has 0 aromatic heterocycles. The van der Waals surface area contributed by atoms with Crippen molar-refractivity contribution >= 4 is 15.9 Å². The fourth-order valence-electron chi connectivity index (χ4n) is 3.46. The average molecular weight is 438 g/mol. The summed E-state index contributed by atoms with van der Waals surface area (Å²) in [6.07, 6.45) is 0. The molecule has 2 atom stereocenters. The largest absolute Gasteiger partial charge is 0.348 e. The van der Waals surface area contributed by atoms with Crippen molar-refractivity contribution in [3.05, 3.63) is 65.7 Å². The van der Waals surface area contributed by atoms with Crippen LogP contribution >= 0.6 is 0 Å². The van der Waals surface area contributed by atoms with Gasteiger partial charge in [0.25, 0.3) is 0 Å². The van der Waals surface area contributed by atoms with Gasteiger partial charge in [-0.05, 0) is 43.7 Å². The first-order chi connectivity index (χ1) is 14.2. The van der Waals surface area contributed by atoms with Gasteiger partial charge in [-0.3, -0.25) is 9.69 Å². The molecule has 9 heteroatoms. The molecule has 2 aromatic rings. The molecule has 1 heterocycles. The lowest BCUT2D eigenvalue weighted by molar-refractivity contribution is -0.127. The highest BCUT2D eigenvalue weighted by molar-refractivity contribution is 7.89. The smallest absolute Gasteiger partial charge is 0.246 e. The van der Waals surface area contributed by atoms with Gasteiger partial charge < -0.3 is 5.32 Å². The van der Waals surface area contributed by atoms with Gasteiger partial charge in [-0.1, -0.05) is 24.3 Å². The Morgan fingerprint density at radius 1 is 0.967 bits per heavy atom. The van der Waals surface area contributed by atoms with E-state index in [1.54, 1.807) is 19.1 Å². The van der Waals surface area contributed by atoms with Gasteiger partial charge in [0.2, 0.25) is 15.9 Å². The van der Waals surface area contributed by atoms with Crippen molar-refractivity contribution in [3.8, 4) is 0 Å². The predicted octanol–water partition coefficient (Wildman–Crippen LogP) is 2.54. The van der Waals surface area contributed by atoms with E-state index in [1.165, 1.54) is 34.6 Å². The predicted molar refractivity (Wildman–Crippen MR) is 109 cm³/mol. The standard InChI is InChI=1S/C21H25F2N3O3S/c1-15(17-7-9-18(22)10-8-17)24-21(27)16(2)25-11-13-26(14-12-25)30(28,29)20-6-4-3-5-19(20)23/h3-10,15-16H,11-14H2,1-2H3,(H,24,27). The quantitative estimate of drug-likeness (QED) is 0.754. The lowest BCUT2D eigenvalue weighted by Gasteiger charge is -2.37. The maximum atomic E-state index is 13.9. The molecule has 1 amide bonds. The molecule has 1 aliphatic rings. The molecule has 1 saturated heterocycles. The molecule has 2 unspecified atom stereocenters. The van der Waals surface area contributed by atoms with E-state index in [4.69, 9.17) is 0 Å². The van der Waals surface area contributed by atoms with Gasteiger partial charge in [0.05, 0.1) is 12.1 Å². The molecule has 1 fully saturated rings. The third kappa shape index (κ3) is 4.85. The zero-order chi connectivity index (χ0) is 21.9. The van der Waals surface area contributed by atoms with Crippen molar-refractivity contribution in [3.63, 3.8) is 0 Å². The highest BCUT2D eigenvalue weighted by Gasteiger charge is 2.33. The number of amides is 1. The first-order valence-corrected chi connectivity index (χ1v) is 11.2. The highest BCUT2D eigenvalue weighted by Crippen LogP contribution is 2.21. The Morgan fingerprint density at radius 3 is 2.17 bits per heavy atom. The summed E-state index contributed by atoms with van der Waals surface area (Å²) in [4.78, 5) is 14.2. The average Bonchev–Trinajstić information content (AvgIpc) is 2.74. The van der Waals surface area contributed by atoms with Gasteiger partial charge in [0.1, 0.15) is 16.5 Å². The van der Waals surface area contributed by atoms with Crippen LogP contribution in [0.25, 0.3) is 0 Å². The molecule has 2 aromatic carbocycles. The van der Waals surface area contributed by atoms with E-state index in [-0.39, 0.29) is 35.8 Å². The van der Waals surface area contributed by atoms with Crippen molar-refractivity contribution < 1.29 is 22.0 Å².